The number of aliphatic hydroxyl groups is 1. The number of ether oxygens (including phenoxy) is 1. The largest absolute Gasteiger partial charge is 0.491 e. The van der Waals surface area contributed by atoms with Gasteiger partial charge < -0.3 is 14.7 Å². The molecule has 0 amide bonds. The number of benzene rings is 2. The molecule has 2 aliphatic rings. The summed E-state index contributed by atoms with van der Waals surface area (Å²) in [6.45, 7) is 5.01. The molecule has 0 saturated carbocycles. The van der Waals surface area contributed by atoms with Gasteiger partial charge in [-0.15, -0.1) is 0 Å². The van der Waals surface area contributed by atoms with Gasteiger partial charge in [-0.25, -0.2) is 0 Å². The highest BCUT2D eigenvalue weighted by Crippen LogP contribution is 2.29. The van der Waals surface area contributed by atoms with Crippen LogP contribution in [-0.2, 0) is 12.8 Å². The highest BCUT2D eigenvalue weighted by molar-refractivity contribution is 5.46. The Kier molecular flexibility index (Phi) is 5.95. The Bertz CT molecular complexity index is 726. The van der Waals surface area contributed by atoms with Crippen LogP contribution < -0.4 is 9.64 Å². The van der Waals surface area contributed by atoms with E-state index in [1.807, 2.05) is 0 Å². The first-order valence-electron chi connectivity index (χ1n) is 10.2. The van der Waals surface area contributed by atoms with Crippen LogP contribution in [0.1, 0.15) is 24.0 Å². The zero-order valence-electron chi connectivity index (χ0n) is 16.0. The molecule has 144 valence electrons. The van der Waals surface area contributed by atoms with Crippen molar-refractivity contribution < 1.29 is 9.84 Å². The van der Waals surface area contributed by atoms with Crippen LogP contribution in [0.4, 0.5) is 5.69 Å². The van der Waals surface area contributed by atoms with Crippen molar-refractivity contribution in [3.63, 3.8) is 0 Å². The summed E-state index contributed by atoms with van der Waals surface area (Å²) in [6, 6.07) is 16.9. The van der Waals surface area contributed by atoms with Crippen molar-refractivity contribution in [2.24, 2.45) is 0 Å². The molecule has 4 heteroatoms. The summed E-state index contributed by atoms with van der Waals surface area (Å²) < 4.78 is 6.01. The van der Waals surface area contributed by atoms with E-state index >= 15 is 0 Å². The Morgan fingerprint density at radius 2 is 1.67 bits per heavy atom. The van der Waals surface area contributed by atoms with Crippen molar-refractivity contribution in [1.29, 1.82) is 0 Å². The van der Waals surface area contributed by atoms with Gasteiger partial charge in [-0.1, -0.05) is 30.3 Å². The Labute approximate surface area is 162 Å². The lowest BCUT2D eigenvalue weighted by Crippen LogP contribution is -2.49. The van der Waals surface area contributed by atoms with E-state index < -0.39 is 6.10 Å². The number of β-amino-alcohol motifs (C(OH)–C–C–N with tert-alkyl or cyclic N) is 1. The van der Waals surface area contributed by atoms with E-state index in [2.05, 4.69) is 58.3 Å². The van der Waals surface area contributed by atoms with Crippen LogP contribution in [0.15, 0.2) is 48.5 Å². The Balaban J connectivity index is 1.24. The van der Waals surface area contributed by atoms with Gasteiger partial charge in [0.25, 0.3) is 0 Å². The van der Waals surface area contributed by atoms with Gasteiger partial charge in [0.1, 0.15) is 18.5 Å². The number of piperazine rings is 1. The summed E-state index contributed by atoms with van der Waals surface area (Å²) in [4.78, 5) is 4.75. The van der Waals surface area contributed by atoms with Crippen LogP contribution in [0, 0.1) is 0 Å². The predicted octanol–water partition coefficient (Wildman–Crippen LogP) is 3.13. The molecule has 4 nitrogen and oxygen atoms in total. The lowest BCUT2D eigenvalue weighted by atomic mass is 9.91. The smallest absolute Gasteiger partial charge is 0.122 e. The minimum atomic E-state index is -0.451. The first-order chi connectivity index (χ1) is 13.3. The second-order valence-corrected chi connectivity index (χ2v) is 7.69. The van der Waals surface area contributed by atoms with Gasteiger partial charge in [0.05, 0.1) is 0 Å². The molecule has 1 aliphatic heterocycles. The van der Waals surface area contributed by atoms with E-state index in [1.54, 1.807) is 0 Å². The number of hydrogen-bond donors (Lipinski definition) is 1. The van der Waals surface area contributed by atoms with Crippen molar-refractivity contribution in [1.82, 2.24) is 4.90 Å². The van der Waals surface area contributed by atoms with E-state index in [9.17, 15) is 5.11 Å². The third-order valence-corrected chi connectivity index (χ3v) is 5.75. The third kappa shape index (κ3) is 4.63. The van der Waals surface area contributed by atoms with Crippen molar-refractivity contribution in [2.75, 3.05) is 44.2 Å². The molecule has 2 aromatic rings. The molecule has 2 aromatic carbocycles. The Morgan fingerprint density at radius 3 is 2.48 bits per heavy atom. The summed E-state index contributed by atoms with van der Waals surface area (Å²) in [5, 5.41) is 10.5. The van der Waals surface area contributed by atoms with Crippen LogP contribution in [0.3, 0.4) is 0 Å². The SMILES string of the molecule is OC(COc1cccc2c1CCCC2)CN1CCN(c2ccccc2)CC1. The molecule has 1 atom stereocenters. The molecule has 0 radical (unpaired) electrons. The molecule has 27 heavy (non-hydrogen) atoms. The lowest BCUT2D eigenvalue weighted by Gasteiger charge is -2.36. The van der Waals surface area contributed by atoms with Crippen LogP contribution in [0.25, 0.3) is 0 Å². The van der Waals surface area contributed by atoms with Crippen molar-refractivity contribution in [3.8, 4) is 5.75 Å². The second kappa shape index (κ2) is 8.77. The molecule has 1 N–H and O–H groups in total. The molecule has 4 rings (SSSR count). The fourth-order valence-electron chi connectivity index (χ4n) is 4.25. The van der Waals surface area contributed by atoms with Gasteiger partial charge in [-0.3, -0.25) is 4.90 Å². The molecule has 1 unspecified atom stereocenters. The first kappa shape index (κ1) is 18.3. The predicted molar refractivity (Wildman–Crippen MR) is 110 cm³/mol. The number of aryl methyl sites for hydroxylation is 1. The fourth-order valence-corrected chi connectivity index (χ4v) is 4.25. The normalized spacial score (nSPS) is 18.8. The molecule has 1 aliphatic carbocycles. The number of hydrogen-bond acceptors (Lipinski definition) is 4. The molecular formula is C23H30N2O2. The molecule has 1 heterocycles. The minimum Gasteiger partial charge on any atom is -0.491 e. The average molecular weight is 367 g/mol. The van der Waals surface area contributed by atoms with E-state index in [0.29, 0.717) is 13.2 Å². The average Bonchev–Trinajstić information content (AvgIpc) is 2.73. The molecule has 0 bridgehead atoms. The van der Waals surface area contributed by atoms with E-state index in [-0.39, 0.29) is 0 Å². The van der Waals surface area contributed by atoms with Crippen LogP contribution in [0.2, 0.25) is 0 Å². The highest BCUT2D eigenvalue weighted by atomic mass is 16.5. The van der Waals surface area contributed by atoms with Gasteiger partial charge in [0.15, 0.2) is 0 Å². The summed E-state index contributed by atoms with van der Waals surface area (Å²) in [5.41, 5.74) is 4.06. The Hall–Kier alpha value is -2.04. The van der Waals surface area contributed by atoms with Gasteiger partial charge >= 0.3 is 0 Å². The summed E-state index contributed by atoms with van der Waals surface area (Å²) in [5.74, 6) is 0.972. The standard InChI is InChI=1S/C23H30N2O2/c26-21(18-27-23-12-6-8-19-7-4-5-11-22(19)23)17-24-13-15-25(16-14-24)20-9-2-1-3-10-20/h1-3,6,8-10,12,21,26H,4-5,7,11,13-18H2. The number of rotatable bonds is 6. The van der Waals surface area contributed by atoms with E-state index in [1.165, 1.54) is 29.7 Å². The van der Waals surface area contributed by atoms with Crippen molar-refractivity contribution in [2.45, 2.75) is 31.8 Å². The van der Waals surface area contributed by atoms with Crippen LogP contribution >= 0.6 is 0 Å². The van der Waals surface area contributed by atoms with E-state index in [0.717, 1.165) is 44.8 Å². The van der Waals surface area contributed by atoms with Gasteiger partial charge in [-0.2, -0.15) is 0 Å². The topological polar surface area (TPSA) is 35.9 Å². The molecular weight excluding hydrogens is 336 g/mol. The Morgan fingerprint density at radius 1 is 0.889 bits per heavy atom. The van der Waals surface area contributed by atoms with Crippen LogP contribution in [0.5, 0.6) is 5.75 Å². The molecule has 1 saturated heterocycles. The molecule has 0 aromatic heterocycles. The number of para-hydroxylation sites is 1. The summed E-state index contributed by atoms with van der Waals surface area (Å²) in [7, 11) is 0. The maximum Gasteiger partial charge on any atom is 0.122 e. The van der Waals surface area contributed by atoms with Gasteiger partial charge in [0.2, 0.25) is 0 Å². The van der Waals surface area contributed by atoms with Gasteiger partial charge in [-0.05, 0) is 55.0 Å². The van der Waals surface area contributed by atoms with Crippen molar-refractivity contribution >= 4 is 5.69 Å². The number of aliphatic hydroxyl groups excluding tert-OH is 1. The summed E-state index contributed by atoms with van der Waals surface area (Å²) >= 11 is 0. The minimum absolute atomic E-state index is 0.370. The monoisotopic (exact) mass is 366 g/mol. The number of fused-ring (bicyclic) bond motifs is 1. The lowest BCUT2D eigenvalue weighted by molar-refractivity contribution is 0.0659. The third-order valence-electron chi connectivity index (χ3n) is 5.75. The fraction of sp³-hybridized carbons (Fsp3) is 0.478. The first-order valence-corrected chi connectivity index (χ1v) is 10.2. The molecule has 0 spiro atoms. The summed E-state index contributed by atoms with van der Waals surface area (Å²) in [6.07, 6.45) is 4.31. The van der Waals surface area contributed by atoms with Crippen molar-refractivity contribution in [3.05, 3.63) is 59.7 Å². The number of anilines is 1. The van der Waals surface area contributed by atoms with Gasteiger partial charge in [0, 0.05) is 38.4 Å². The van der Waals surface area contributed by atoms with E-state index in [4.69, 9.17) is 4.74 Å². The number of nitrogens with zero attached hydrogens (tertiary/aromatic N) is 2. The maximum absolute atomic E-state index is 10.5. The zero-order valence-corrected chi connectivity index (χ0v) is 16.0. The second-order valence-electron chi connectivity index (χ2n) is 7.69. The quantitative estimate of drug-likeness (QED) is 0.852. The maximum atomic E-state index is 10.5. The molecule has 1 fully saturated rings. The zero-order chi connectivity index (χ0) is 18.5. The van der Waals surface area contributed by atoms with Crippen LogP contribution in [-0.4, -0.2) is 55.4 Å². The highest BCUT2D eigenvalue weighted by Gasteiger charge is 2.20.